The number of nitrogens with one attached hydrogen (secondary N) is 1. The van der Waals surface area contributed by atoms with Crippen molar-refractivity contribution in [3.63, 3.8) is 0 Å². The van der Waals surface area contributed by atoms with Crippen LogP contribution in [-0.4, -0.2) is 20.1 Å². The number of benzene rings is 2. The zero-order valence-corrected chi connectivity index (χ0v) is 12.9. The Labute approximate surface area is 128 Å². The van der Waals surface area contributed by atoms with E-state index in [1.54, 1.807) is 18.2 Å². The maximum absolute atomic E-state index is 13.4. The average Bonchev–Trinajstić information content (AvgIpc) is 2.48. The Kier molecular flexibility index (Phi) is 4.92. The third kappa shape index (κ3) is 4.14. The number of carbonyl (C=O) groups excluding carboxylic acids is 1. The van der Waals surface area contributed by atoms with Crippen LogP contribution in [0.5, 0.6) is 0 Å². The summed E-state index contributed by atoms with van der Waals surface area (Å²) in [7, 11) is -3.53. The van der Waals surface area contributed by atoms with E-state index in [-0.39, 0.29) is 22.8 Å². The first-order valence-electron chi connectivity index (χ1n) is 6.72. The van der Waals surface area contributed by atoms with Gasteiger partial charge in [-0.1, -0.05) is 29.8 Å². The first-order chi connectivity index (χ1) is 10.4. The summed E-state index contributed by atoms with van der Waals surface area (Å²) in [6, 6.07) is 12.2. The zero-order chi connectivity index (χ0) is 16.2. The number of sulfone groups is 1. The molecular formula is C16H16FNO3S. The number of hydrogen-bond donors (Lipinski definition) is 1. The molecule has 0 aliphatic heterocycles. The van der Waals surface area contributed by atoms with Gasteiger partial charge in [-0.2, -0.15) is 0 Å². The molecule has 2 rings (SSSR count). The molecule has 0 saturated carbocycles. The van der Waals surface area contributed by atoms with Gasteiger partial charge in [-0.15, -0.1) is 0 Å². The highest BCUT2D eigenvalue weighted by atomic mass is 32.2. The van der Waals surface area contributed by atoms with Gasteiger partial charge in [-0.05, 0) is 31.2 Å². The molecule has 0 spiro atoms. The number of para-hydroxylation sites is 1. The van der Waals surface area contributed by atoms with Gasteiger partial charge in [0.05, 0.1) is 16.3 Å². The molecular weight excluding hydrogens is 305 g/mol. The monoisotopic (exact) mass is 321 g/mol. The van der Waals surface area contributed by atoms with E-state index in [0.717, 1.165) is 5.56 Å². The predicted octanol–water partition coefficient (Wildman–Crippen LogP) is 2.94. The van der Waals surface area contributed by atoms with E-state index < -0.39 is 21.6 Å². The van der Waals surface area contributed by atoms with E-state index in [9.17, 15) is 17.6 Å². The summed E-state index contributed by atoms with van der Waals surface area (Å²) >= 11 is 0. The molecule has 0 atom stereocenters. The fourth-order valence-electron chi connectivity index (χ4n) is 1.87. The molecule has 0 heterocycles. The topological polar surface area (TPSA) is 63.2 Å². The number of amides is 1. The van der Waals surface area contributed by atoms with Gasteiger partial charge < -0.3 is 5.32 Å². The van der Waals surface area contributed by atoms with E-state index in [1.807, 2.05) is 6.92 Å². The number of halogens is 1. The molecule has 0 fully saturated rings. The van der Waals surface area contributed by atoms with E-state index in [1.165, 1.54) is 30.3 Å². The molecule has 22 heavy (non-hydrogen) atoms. The lowest BCUT2D eigenvalue weighted by atomic mass is 10.2. The van der Waals surface area contributed by atoms with Crippen LogP contribution in [0.4, 0.5) is 10.1 Å². The Balaban J connectivity index is 1.98. The second kappa shape index (κ2) is 6.70. The van der Waals surface area contributed by atoms with Crippen molar-refractivity contribution in [1.29, 1.82) is 0 Å². The van der Waals surface area contributed by atoms with Crippen LogP contribution in [0.15, 0.2) is 53.4 Å². The fraction of sp³-hybridized carbons (Fsp3) is 0.188. The number of aryl methyl sites for hydroxylation is 1. The first-order valence-corrected chi connectivity index (χ1v) is 8.37. The normalized spacial score (nSPS) is 11.2. The zero-order valence-electron chi connectivity index (χ0n) is 12.0. The van der Waals surface area contributed by atoms with Crippen LogP contribution in [0.1, 0.15) is 12.0 Å². The highest BCUT2D eigenvalue weighted by molar-refractivity contribution is 7.91. The van der Waals surface area contributed by atoms with Crippen LogP contribution in [-0.2, 0) is 14.6 Å². The van der Waals surface area contributed by atoms with Crippen LogP contribution in [0, 0.1) is 12.7 Å². The molecule has 0 unspecified atom stereocenters. The average molecular weight is 321 g/mol. The van der Waals surface area contributed by atoms with Crippen molar-refractivity contribution in [3.05, 3.63) is 59.9 Å². The van der Waals surface area contributed by atoms with Crippen molar-refractivity contribution in [2.45, 2.75) is 18.2 Å². The maximum Gasteiger partial charge on any atom is 0.225 e. The molecule has 2 aromatic carbocycles. The van der Waals surface area contributed by atoms with Gasteiger partial charge in [0.2, 0.25) is 5.91 Å². The number of rotatable bonds is 5. The largest absolute Gasteiger partial charge is 0.324 e. The Bertz CT molecular complexity index is 770. The van der Waals surface area contributed by atoms with Gasteiger partial charge in [0.25, 0.3) is 0 Å². The van der Waals surface area contributed by atoms with E-state index in [4.69, 9.17) is 0 Å². The minimum Gasteiger partial charge on any atom is -0.324 e. The highest BCUT2D eigenvalue weighted by Crippen LogP contribution is 2.15. The summed E-state index contributed by atoms with van der Waals surface area (Å²) < 4.78 is 37.6. The molecule has 0 saturated heterocycles. The molecule has 0 aliphatic carbocycles. The maximum atomic E-state index is 13.4. The molecule has 1 N–H and O–H groups in total. The smallest absolute Gasteiger partial charge is 0.225 e. The van der Waals surface area contributed by atoms with Crippen LogP contribution in [0.25, 0.3) is 0 Å². The van der Waals surface area contributed by atoms with Crippen molar-refractivity contribution >= 4 is 21.4 Å². The predicted molar refractivity (Wildman–Crippen MR) is 82.9 cm³/mol. The van der Waals surface area contributed by atoms with Crippen molar-refractivity contribution < 1.29 is 17.6 Å². The van der Waals surface area contributed by atoms with Gasteiger partial charge in [0, 0.05) is 6.42 Å². The van der Waals surface area contributed by atoms with Crippen molar-refractivity contribution in [3.8, 4) is 0 Å². The van der Waals surface area contributed by atoms with Gasteiger partial charge in [-0.3, -0.25) is 4.79 Å². The minimum absolute atomic E-state index is 0.0419. The summed E-state index contributed by atoms with van der Waals surface area (Å²) in [5, 5.41) is 2.36. The Morgan fingerprint density at radius 2 is 1.73 bits per heavy atom. The summed E-state index contributed by atoms with van der Waals surface area (Å²) in [6.07, 6.45) is -0.232. The number of anilines is 1. The fourth-order valence-corrected chi connectivity index (χ4v) is 3.11. The molecule has 0 bridgehead atoms. The van der Waals surface area contributed by atoms with Gasteiger partial charge in [0.15, 0.2) is 9.84 Å². The van der Waals surface area contributed by atoms with Gasteiger partial charge in [-0.25, -0.2) is 12.8 Å². The first kappa shape index (κ1) is 16.2. The second-order valence-corrected chi connectivity index (χ2v) is 7.02. The molecule has 0 aromatic heterocycles. The molecule has 4 nitrogen and oxygen atoms in total. The van der Waals surface area contributed by atoms with Crippen LogP contribution in [0.3, 0.4) is 0 Å². The second-order valence-electron chi connectivity index (χ2n) is 4.91. The molecule has 6 heteroatoms. The van der Waals surface area contributed by atoms with Crippen molar-refractivity contribution in [1.82, 2.24) is 0 Å². The summed E-state index contributed by atoms with van der Waals surface area (Å²) in [5.74, 6) is -1.42. The summed E-state index contributed by atoms with van der Waals surface area (Å²) in [4.78, 5) is 11.9. The van der Waals surface area contributed by atoms with Crippen LogP contribution in [0.2, 0.25) is 0 Å². The Morgan fingerprint density at radius 1 is 1.09 bits per heavy atom. The van der Waals surface area contributed by atoms with Gasteiger partial charge >= 0.3 is 0 Å². The Hall–Kier alpha value is -2.21. The quantitative estimate of drug-likeness (QED) is 0.921. The highest BCUT2D eigenvalue weighted by Gasteiger charge is 2.16. The lowest BCUT2D eigenvalue weighted by Gasteiger charge is -2.07. The van der Waals surface area contributed by atoms with Crippen LogP contribution >= 0.6 is 0 Å². The number of hydrogen-bond acceptors (Lipinski definition) is 3. The van der Waals surface area contributed by atoms with E-state index in [2.05, 4.69) is 5.32 Å². The van der Waals surface area contributed by atoms with Gasteiger partial charge in [0.1, 0.15) is 5.82 Å². The van der Waals surface area contributed by atoms with E-state index >= 15 is 0 Å². The van der Waals surface area contributed by atoms with E-state index in [0.29, 0.717) is 0 Å². The lowest BCUT2D eigenvalue weighted by molar-refractivity contribution is -0.115. The summed E-state index contributed by atoms with van der Waals surface area (Å²) in [6.45, 7) is 1.86. The standard InChI is InChI=1S/C16H16FNO3S/c1-12-6-8-13(9-7-12)22(20,21)11-10-16(19)18-15-5-3-2-4-14(15)17/h2-9H,10-11H2,1H3,(H,18,19). The number of carbonyl (C=O) groups is 1. The van der Waals surface area contributed by atoms with Crippen molar-refractivity contribution in [2.24, 2.45) is 0 Å². The van der Waals surface area contributed by atoms with Crippen molar-refractivity contribution in [2.75, 3.05) is 11.1 Å². The SMILES string of the molecule is Cc1ccc(S(=O)(=O)CCC(=O)Nc2ccccc2F)cc1. The molecule has 0 radical (unpaired) electrons. The minimum atomic E-state index is -3.53. The molecule has 2 aromatic rings. The molecule has 1 amide bonds. The third-order valence-electron chi connectivity index (χ3n) is 3.13. The lowest BCUT2D eigenvalue weighted by Crippen LogP contribution is -2.18. The third-order valence-corrected chi connectivity index (χ3v) is 4.86. The van der Waals surface area contributed by atoms with Crippen LogP contribution < -0.4 is 5.32 Å². The molecule has 0 aliphatic rings. The Morgan fingerprint density at radius 3 is 2.36 bits per heavy atom. The summed E-state index contributed by atoms with van der Waals surface area (Å²) in [5.41, 5.74) is 0.997. The molecule has 116 valence electrons.